The Kier molecular flexibility index (Phi) is 7.30. The first-order valence-corrected chi connectivity index (χ1v) is 8.38. The maximum atomic E-state index is 12.7. The second kappa shape index (κ2) is 9.48. The molecular formula is C19H27NO3. The lowest BCUT2D eigenvalue weighted by Gasteiger charge is -2.31. The van der Waals surface area contributed by atoms with Crippen molar-refractivity contribution in [2.45, 2.75) is 31.8 Å². The number of nitrogens with zero attached hydrogens (tertiary/aromatic N) is 1. The SMILES string of the molecule is COC1CCC(C(=O)N(C/C=C/c2ccccc2)CCO)CC1. The normalized spacial score (nSPS) is 21.5. The van der Waals surface area contributed by atoms with Crippen molar-refractivity contribution >= 4 is 12.0 Å². The Hall–Kier alpha value is -1.65. The number of ether oxygens (including phenoxy) is 1. The first-order chi connectivity index (χ1) is 11.2. The van der Waals surface area contributed by atoms with Crippen molar-refractivity contribution in [2.75, 3.05) is 26.8 Å². The molecule has 4 nitrogen and oxygen atoms in total. The number of aliphatic hydroxyl groups is 1. The van der Waals surface area contributed by atoms with Gasteiger partial charge in [0, 0.05) is 26.1 Å². The molecule has 1 aliphatic rings. The number of hydrogen-bond acceptors (Lipinski definition) is 3. The molecule has 0 aromatic heterocycles. The highest BCUT2D eigenvalue weighted by Gasteiger charge is 2.28. The van der Waals surface area contributed by atoms with Gasteiger partial charge in [-0.05, 0) is 31.2 Å². The molecule has 0 spiro atoms. The summed E-state index contributed by atoms with van der Waals surface area (Å²) in [6.45, 7) is 0.930. The van der Waals surface area contributed by atoms with Gasteiger partial charge in [-0.25, -0.2) is 0 Å². The van der Waals surface area contributed by atoms with E-state index >= 15 is 0 Å². The minimum Gasteiger partial charge on any atom is -0.395 e. The van der Waals surface area contributed by atoms with E-state index in [0.29, 0.717) is 19.2 Å². The summed E-state index contributed by atoms with van der Waals surface area (Å²) in [7, 11) is 1.74. The van der Waals surface area contributed by atoms with Crippen LogP contribution >= 0.6 is 0 Å². The first-order valence-electron chi connectivity index (χ1n) is 8.38. The van der Waals surface area contributed by atoms with Gasteiger partial charge in [-0.2, -0.15) is 0 Å². The number of amides is 1. The van der Waals surface area contributed by atoms with Crippen molar-refractivity contribution in [3.05, 3.63) is 42.0 Å². The highest BCUT2D eigenvalue weighted by Crippen LogP contribution is 2.27. The molecule has 0 saturated heterocycles. The van der Waals surface area contributed by atoms with Crippen LogP contribution in [0, 0.1) is 5.92 Å². The lowest BCUT2D eigenvalue weighted by Crippen LogP contribution is -2.40. The molecule has 0 unspecified atom stereocenters. The molecule has 2 rings (SSSR count). The molecule has 1 aromatic rings. The fourth-order valence-corrected chi connectivity index (χ4v) is 3.10. The zero-order chi connectivity index (χ0) is 16.5. The molecule has 0 heterocycles. The van der Waals surface area contributed by atoms with Gasteiger partial charge < -0.3 is 14.7 Å². The summed E-state index contributed by atoms with van der Waals surface area (Å²) in [5.74, 6) is 0.226. The Bertz CT molecular complexity index is 493. The zero-order valence-corrected chi connectivity index (χ0v) is 13.9. The van der Waals surface area contributed by atoms with Gasteiger partial charge in [-0.15, -0.1) is 0 Å². The van der Waals surface area contributed by atoms with Crippen molar-refractivity contribution in [1.82, 2.24) is 4.90 Å². The van der Waals surface area contributed by atoms with Crippen LogP contribution < -0.4 is 0 Å². The summed E-state index contributed by atoms with van der Waals surface area (Å²) >= 11 is 0. The summed E-state index contributed by atoms with van der Waals surface area (Å²) in [4.78, 5) is 14.4. The van der Waals surface area contributed by atoms with Crippen LogP contribution in [0.25, 0.3) is 6.08 Å². The lowest BCUT2D eigenvalue weighted by molar-refractivity contribution is -0.137. The van der Waals surface area contributed by atoms with Crippen LogP contribution in [0.2, 0.25) is 0 Å². The quantitative estimate of drug-likeness (QED) is 0.841. The predicted octanol–water partition coefficient (Wildman–Crippen LogP) is 2.73. The number of carbonyl (C=O) groups is 1. The lowest BCUT2D eigenvalue weighted by atomic mass is 9.86. The second-order valence-corrected chi connectivity index (χ2v) is 6.03. The standard InChI is InChI=1S/C19H27NO3/c1-23-18-11-9-17(10-12-18)19(22)20(14-15-21)13-5-8-16-6-3-2-4-7-16/h2-8,17-18,21H,9-15H2,1H3/b8-5+. The molecule has 0 radical (unpaired) electrons. The molecule has 1 N–H and O–H groups in total. The van der Waals surface area contributed by atoms with E-state index < -0.39 is 0 Å². The van der Waals surface area contributed by atoms with Gasteiger partial charge in [0.1, 0.15) is 0 Å². The highest BCUT2D eigenvalue weighted by molar-refractivity contribution is 5.79. The van der Waals surface area contributed by atoms with Crippen LogP contribution in [0.1, 0.15) is 31.2 Å². The average Bonchev–Trinajstić information content (AvgIpc) is 2.61. The van der Waals surface area contributed by atoms with E-state index in [0.717, 1.165) is 31.2 Å². The van der Waals surface area contributed by atoms with Gasteiger partial charge in [-0.1, -0.05) is 42.5 Å². The van der Waals surface area contributed by atoms with Crippen molar-refractivity contribution in [2.24, 2.45) is 5.92 Å². The number of benzene rings is 1. The molecule has 23 heavy (non-hydrogen) atoms. The molecule has 1 fully saturated rings. The number of hydrogen-bond donors (Lipinski definition) is 1. The summed E-state index contributed by atoms with van der Waals surface area (Å²) in [5, 5.41) is 9.24. The molecule has 1 saturated carbocycles. The topological polar surface area (TPSA) is 49.8 Å². The van der Waals surface area contributed by atoms with E-state index in [2.05, 4.69) is 0 Å². The van der Waals surface area contributed by atoms with E-state index in [9.17, 15) is 9.90 Å². The van der Waals surface area contributed by atoms with Gasteiger partial charge in [0.2, 0.25) is 5.91 Å². The summed E-state index contributed by atoms with van der Waals surface area (Å²) < 4.78 is 5.36. The molecule has 126 valence electrons. The van der Waals surface area contributed by atoms with E-state index in [4.69, 9.17) is 4.74 Å². The molecule has 0 bridgehead atoms. The van der Waals surface area contributed by atoms with Crippen molar-refractivity contribution < 1.29 is 14.6 Å². The Morgan fingerprint density at radius 2 is 1.96 bits per heavy atom. The predicted molar refractivity (Wildman–Crippen MR) is 91.9 cm³/mol. The monoisotopic (exact) mass is 317 g/mol. The van der Waals surface area contributed by atoms with Crippen molar-refractivity contribution in [3.8, 4) is 0 Å². The molecule has 1 amide bonds. The van der Waals surface area contributed by atoms with Gasteiger partial charge in [0.15, 0.2) is 0 Å². The molecule has 1 aromatic carbocycles. The summed E-state index contributed by atoms with van der Waals surface area (Å²) in [5.41, 5.74) is 1.12. The first kappa shape index (κ1) is 17.7. The average molecular weight is 317 g/mol. The maximum absolute atomic E-state index is 12.7. The van der Waals surface area contributed by atoms with Crippen molar-refractivity contribution in [1.29, 1.82) is 0 Å². The molecule has 0 atom stereocenters. The second-order valence-electron chi connectivity index (χ2n) is 6.03. The van der Waals surface area contributed by atoms with Gasteiger partial charge in [0.25, 0.3) is 0 Å². The Morgan fingerprint density at radius 3 is 2.57 bits per heavy atom. The summed E-state index contributed by atoms with van der Waals surface area (Å²) in [6, 6.07) is 10.0. The van der Waals surface area contributed by atoms with Crippen LogP contribution in [-0.4, -0.2) is 48.8 Å². The third-order valence-electron chi connectivity index (χ3n) is 4.47. The molecule has 0 aliphatic heterocycles. The third-order valence-corrected chi connectivity index (χ3v) is 4.47. The molecule has 4 heteroatoms. The number of aliphatic hydroxyl groups excluding tert-OH is 1. The van der Waals surface area contributed by atoms with Crippen LogP contribution in [0.5, 0.6) is 0 Å². The highest BCUT2D eigenvalue weighted by atomic mass is 16.5. The maximum Gasteiger partial charge on any atom is 0.226 e. The van der Waals surface area contributed by atoms with Gasteiger partial charge in [0.05, 0.1) is 12.7 Å². The fourth-order valence-electron chi connectivity index (χ4n) is 3.10. The Labute approximate surface area is 138 Å². The molecular weight excluding hydrogens is 290 g/mol. The summed E-state index contributed by atoms with van der Waals surface area (Å²) in [6.07, 6.45) is 7.94. The van der Waals surface area contributed by atoms with Crippen LogP contribution in [-0.2, 0) is 9.53 Å². The minimum atomic E-state index is -0.00165. The van der Waals surface area contributed by atoms with Gasteiger partial charge >= 0.3 is 0 Å². The Morgan fingerprint density at radius 1 is 1.26 bits per heavy atom. The fraction of sp³-hybridized carbons (Fsp3) is 0.526. The largest absolute Gasteiger partial charge is 0.395 e. The van der Waals surface area contributed by atoms with Gasteiger partial charge in [-0.3, -0.25) is 4.79 Å². The molecule has 1 aliphatic carbocycles. The number of rotatable bonds is 7. The smallest absolute Gasteiger partial charge is 0.226 e. The minimum absolute atomic E-state index is 0.00165. The van der Waals surface area contributed by atoms with Crippen molar-refractivity contribution in [3.63, 3.8) is 0 Å². The van der Waals surface area contributed by atoms with Crippen LogP contribution in [0.3, 0.4) is 0 Å². The Balaban J connectivity index is 1.89. The third kappa shape index (κ3) is 5.48. The van der Waals surface area contributed by atoms with E-state index in [1.54, 1.807) is 12.0 Å². The zero-order valence-electron chi connectivity index (χ0n) is 13.9. The van der Waals surface area contributed by atoms with Crippen LogP contribution in [0.15, 0.2) is 36.4 Å². The van der Waals surface area contributed by atoms with E-state index in [-0.39, 0.29) is 18.4 Å². The number of methoxy groups -OCH3 is 1. The number of carbonyl (C=O) groups excluding carboxylic acids is 1. The van der Waals surface area contributed by atoms with Crippen LogP contribution in [0.4, 0.5) is 0 Å². The van der Waals surface area contributed by atoms with E-state index in [1.807, 2.05) is 42.5 Å². The van der Waals surface area contributed by atoms with E-state index in [1.165, 1.54) is 0 Å².